The number of Topliss-reactive ketones (excluding diaryl/α,β-unsaturated/α-hetero) is 1. The molecule has 0 fully saturated rings. The maximum absolute atomic E-state index is 13.7. The lowest BCUT2D eigenvalue weighted by molar-refractivity contribution is -0.125. The van der Waals surface area contributed by atoms with Crippen LogP contribution in [0.3, 0.4) is 0 Å². The van der Waals surface area contributed by atoms with E-state index in [1.165, 1.54) is 36.2 Å². The van der Waals surface area contributed by atoms with Crippen molar-refractivity contribution in [3.05, 3.63) is 58.0 Å². The van der Waals surface area contributed by atoms with E-state index in [1.54, 1.807) is 12.1 Å². The summed E-state index contributed by atoms with van der Waals surface area (Å²) in [6, 6.07) is 4.31. The van der Waals surface area contributed by atoms with Crippen molar-refractivity contribution in [1.29, 1.82) is 0 Å². The molecular weight excluding hydrogens is 313 g/mol. The topological polar surface area (TPSA) is 37.4 Å². The Morgan fingerprint density at radius 3 is 2.63 bits per heavy atom. The second-order valence-electron chi connectivity index (χ2n) is 4.10. The third kappa shape index (κ3) is 2.98. The van der Waals surface area contributed by atoms with E-state index in [1.807, 2.05) is 0 Å². The second-order valence-corrected chi connectivity index (χ2v) is 5.02. The molecule has 0 aliphatic carbocycles. The lowest BCUT2D eigenvalue weighted by atomic mass is 10.0. The maximum atomic E-state index is 13.7. The maximum Gasteiger partial charge on any atom is 0.223 e. The number of allylic oxidation sites excluding steroid dienone is 2. The van der Waals surface area contributed by atoms with Gasteiger partial charge in [0.2, 0.25) is 5.91 Å². The molecule has 0 N–H and O–H groups in total. The van der Waals surface area contributed by atoms with Gasteiger partial charge in [-0.1, -0.05) is 22.0 Å². The summed E-state index contributed by atoms with van der Waals surface area (Å²) in [5.41, 5.74) is 0.411. The number of amides is 1. The Morgan fingerprint density at radius 2 is 2.11 bits per heavy atom. The third-order valence-corrected chi connectivity index (χ3v) is 3.28. The van der Waals surface area contributed by atoms with Crippen LogP contribution >= 0.6 is 15.9 Å². The number of hydrogen-bond acceptors (Lipinski definition) is 2. The molecule has 0 saturated carbocycles. The molecule has 1 aromatic carbocycles. The molecule has 1 amide bonds. The van der Waals surface area contributed by atoms with E-state index in [9.17, 15) is 14.0 Å². The highest BCUT2D eigenvalue weighted by Crippen LogP contribution is 2.20. The molecule has 5 heteroatoms. The number of hydrogen-bond donors (Lipinski definition) is 0. The molecule has 19 heavy (non-hydrogen) atoms. The van der Waals surface area contributed by atoms with Crippen LogP contribution in [0.25, 0.3) is 0 Å². The lowest BCUT2D eigenvalue weighted by Gasteiger charge is -2.18. The SMILES string of the molecule is CC(=O)N1C=CC(C(=O)c2ccc(Br)cc2F)=CC1. The number of halogens is 2. The minimum Gasteiger partial charge on any atom is -0.315 e. The Labute approximate surface area is 118 Å². The van der Waals surface area contributed by atoms with Crippen LogP contribution in [0.2, 0.25) is 0 Å². The summed E-state index contributed by atoms with van der Waals surface area (Å²) in [6.07, 6.45) is 4.67. The van der Waals surface area contributed by atoms with Crippen molar-refractivity contribution in [3.8, 4) is 0 Å². The third-order valence-electron chi connectivity index (χ3n) is 2.78. The summed E-state index contributed by atoms with van der Waals surface area (Å²) in [4.78, 5) is 24.7. The van der Waals surface area contributed by atoms with Crippen molar-refractivity contribution in [2.24, 2.45) is 0 Å². The first kappa shape index (κ1) is 13.7. The summed E-state index contributed by atoms with van der Waals surface area (Å²) in [7, 11) is 0. The van der Waals surface area contributed by atoms with Crippen molar-refractivity contribution in [3.63, 3.8) is 0 Å². The zero-order valence-electron chi connectivity index (χ0n) is 10.2. The zero-order valence-corrected chi connectivity index (χ0v) is 11.8. The van der Waals surface area contributed by atoms with Crippen molar-refractivity contribution < 1.29 is 14.0 Å². The van der Waals surface area contributed by atoms with Gasteiger partial charge in [0.1, 0.15) is 5.82 Å². The van der Waals surface area contributed by atoms with Gasteiger partial charge in [-0.3, -0.25) is 9.59 Å². The highest BCUT2D eigenvalue weighted by Gasteiger charge is 2.18. The molecule has 0 saturated heterocycles. The van der Waals surface area contributed by atoms with Crippen LogP contribution in [-0.4, -0.2) is 23.1 Å². The molecule has 1 aromatic rings. The first-order chi connectivity index (χ1) is 8.99. The van der Waals surface area contributed by atoms with Gasteiger partial charge in [-0.05, 0) is 24.3 Å². The molecule has 0 spiro atoms. The van der Waals surface area contributed by atoms with Gasteiger partial charge in [0.15, 0.2) is 5.78 Å². The van der Waals surface area contributed by atoms with Crippen molar-refractivity contribution in [2.45, 2.75) is 6.92 Å². The summed E-state index contributed by atoms with van der Waals surface area (Å²) >= 11 is 3.14. The molecule has 1 aliphatic rings. The minimum absolute atomic E-state index is 0.0235. The van der Waals surface area contributed by atoms with Gasteiger partial charge in [0, 0.05) is 29.7 Å². The van der Waals surface area contributed by atoms with E-state index < -0.39 is 5.82 Å². The average molecular weight is 324 g/mol. The Bertz CT molecular complexity index is 607. The lowest BCUT2D eigenvalue weighted by Crippen LogP contribution is -2.25. The molecule has 1 heterocycles. The van der Waals surface area contributed by atoms with Crippen LogP contribution in [0, 0.1) is 5.82 Å². The van der Waals surface area contributed by atoms with Crippen molar-refractivity contribution in [2.75, 3.05) is 6.54 Å². The molecule has 3 nitrogen and oxygen atoms in total. The summed E-state index contributed by atoms with van der Waals surface area (Å²) < 4.78 is 14.3. The van der Waals surface area contributed by atoms with Gasteiger partial charge in [0.25, 0.3) is 0 Å². The van der Waals surface area contributed by atoms with Gasteiger partial charge >= 0.3 is 0 Å². The van der Waals surface area contributed by atoms with Gasteiger partial charge in [-0.2, -0.15) is 0 Å². The van der Waals surface area contributed by atoms with Gasteiger partial charge < -0.3 is 4.90 Å². The Hall–Kier alpha value is -1.75. The average Bonchev–Trinajstić information content (AvgIpc) is 2.38. The summed E-state index contributed by atoms with van der Waals surface area (Å²) in [6.45, 7) is 1.77. The fourth-order valence-corrected chi connectivity index (χ4v) is 2.06. The first-order valence-electron chi connectivity index (χ1n) is 5.64. The number of rotatable bonds is 2. The Balaban J connectivity index is 2.22. The largest absolute Gasteiger partial charge is 0.315 e. The number of carbonyl (C=O) groups excluding carboxylic acids is 2. The normalized spacial score (nSPS) is 14.3. The van der Waals surface area contributed by atoms with E-state index >= 15 is 0 Å². The first-order valence-corrected chi connectivity index (χ1v) is 6.43. The molecule has 0 aromatic heterocycles. The van der Waals surface area contributed by atoms with Gasteiger partial charge in [0.05, 0.1) is 5.56 Å². The number of carbonyl (C=O) groups is 2. The van der Waals surface area contributed by atoms with Crippen molar-refractivity contribution in [1.82, 2.24) is 4.90 Å². The van der Waals surface area contributed by atoms with Crippen LogP contribution in [-0.2, 0) is 4.79 Å². The molecule has 0 unspecified atom stereocenters. The number of benzene rings is 1. The van der Waals surface area contributed by atoms with Crippen LogP contribution in [0.1, 0.15) is 17.3 Å². The van der Waals surface area contributed by atoms with E-state index in [0.717, 1.165) is 0 Å². The smallest absolute Gasteiger partial charge is 0.223 e. The molecule has 2 rings (SSSR count). The fraction of sp³-hybridized carbons (Fsp3) is 0.143. The van der Waals surface area contributed by atoms with Gasteiger partial charge in [-0.15, -0.1) is 0 Å². The highest BCUT2D eigenvalue weighted by atomic mass is 79.9. The molecule has 0 bridgehead atoms. The summed E-state index contributed by atoms with van der Waals surface area (Å²) in [5, 5.41) is 0. The molecular formula is C14H11BrFNO2. The summed E-state index contributed by atoms with van der Waals surface area (Å²) in [5.74, 6) is -1.05. The van der Waals surface area contributed by atoms with E-state index in [-0.39, 0.29) is 17.3 Å². The molecule has 0 radical (unpaired) electrons. The predicted octanol–water partition coefficient (Wildman–Crippen LogP) is 3.07. The standard InChI is InChI=1S/C14H11BrFNO2/c1-9(18)17-6-4-10(5-7-17)14(19)12-3-2-11(15)8-13(12)16/h2-6,8H,7H2,1H3. The minimum atomic E-state index is -0.567. The number of nitrogens with zero attached hydrogens (tertiary/aromatic N) is 1. The van der Waals surface area contributed by atoms with Crippen LogP contribution in [0.5, 0.6) is 0 Å². The van der Waals surface area contributed by atoms with E-state index in [4.69, 9.17) is 0 Å². The van der Waals surface area contributed by atoms with Gasteiger partial charge in [-0.25, -0.2) is 4.39 Å². The predicted molar refractivity (Wildman–Crippen MR) is 73.0 cm³/mol. The fourth-order valence-electron chi connectivity index (χ4n) is 1.73. The highest BCUT2D eigenvalue weighted by molar-refractivity contribution is 9.10. The van der Waals surface area contributed by atoms with Crippen LogP contribution in [0.15, 0.2) is 46.6 Å². The quantitative estimate of drug-likeness (QED) is 0.784. The second kappa shape index (κ2) is 5.48. The number of ketones is 1. The molecule has 0 atom stereocenters. The van der Waals surface area contributed by atoms with Crippen LogP contribution in [0.4, 0.5) is 4.39 Å². The van der Waals surface area contributed by atoms with E-state index in [2.05, 4.69) is 15.9 Å². The molecule has 1 aliphatic heterocycles. The molecule has 98 valence electrons. The monoisotopic (exact) mass is 323 g/mol. The Morgan fingerprint density at radius 1 is 1.37 bits per heavy atom. The Kier molecular flexibility index (Phi) is 3.95. The van der Waals surface area contributed by atoms with Crippen molar-refractivity contribution >= 4 is 27.6 Å². The van der Waals surface area contributed by atoms with Crippen LogP contribution < -0.4 is 0 Å². The van der Waals surface area contributed by atoms with E-state index in [0.29, 0.717) is 16.6 Å². The zero-order chi connectivity index (χ0) is 14.0.